The van der Waals surface area contributed by atoms with Crippen molar-refractivity contribution in [3.05, 3.63) is 47.9 Å². The molecule has 0 atom stereocenters. The zero-order valence-electron chi connectivity index (χ0n) is 14.6. The second kappa shape index (κ2) is 8.84. The molecule has 0 saturated heterocycles. The molecule has 0 aliphatic rings. The maximum atomic E-state index is 4.28. The van der Waals surface area contributed by atoms with E-state index in [1.165, 1.54) is 11.3 Å². The van der Waals surface area contributed by atoms with E-state index in [4.69, 9.17) is 0 Å². The van der Waals surface area contributed by atoms with E-state index in [0.29, 0.717) is 0 Å². The predicted molar refractivity (Wildman–Crippen MR) is 92.6 cm³/mol. The van der Waals surface area contributed by atoms with Crippen LogP contribution in [0.2, 0.25) is 0 Å². The van der Waals surface area contributed by atoms with Gasteiger partial charge in [0.25, 0.3) is 0 Å². The zero-order chi connectivity index (χ0) is 15.8. The number of rotatable bonds is 7. The predicted octanol–water partition coefficient (Wildman–Crippen LogP) is 6.22. The van der Waals surface area contributed by atoms with Crippen molar-refractivity contribution in [3.8, 4) is 0 Å². The van der Waals surface area contributed by atoms with Crippen LogP contribution in [0.1, 0.15) is 67.7 Å². The summed E-state index contributed by atoms with van der Waals surface area (Å²) < 4.78 is 0. The van der Waals surface area contributed by atoms with Gasteiger partial charge in [0.2, 0.25) is 0 Å². The molecule has 0 aromatic carbocycles. The van der Waals surface area contributed by atoms with E-state index in [1.807, 2.05) is 0 Å². The van der Waals surface area contributed by atoms with Crippen LogP contribution in [-0.4, -0.2) is 10.4 Å². The summed E-state index contributed by atoms with van der Waals surface area (Å²) >= 11 is 0. The maximum absolute atomic E-state index is 4.28. The monoisotopic (exact) mass is 275 g/mol. The van der Waals surface area contributed by atoms with E-state index in [0.717, 1.165) is 25.0 Å². The molecular weight excluding hydrogens is 242 g/mol. The molecule has 0 aliphatic carbocycles. The van der Waals surface area contributed by atoms with Gasteiger partial charge in [0.05, 0.1) is 0 Å². The molecule has 0 amide bonds. The second-order valence-electron chi connectivity index (χ2n) is 5.97. The summed E-state index contributed by atoms with van der Waals surface area (Å²) in [6, 6.07) is 0. The molecule has 0 aromatic rings. The summed E-state index contributed by atoms with van der Waals surface area (Å²) in [6.07, 6.45) is 12.0. The fourth-order valence-electron chi connectivity index (χ4n) is 2.41. The van der Waals surface area contributed by atoms with Gasteiger partial charge in [0.1, 0.15) is 0 Å². The molecule has 0 saturated carbocycles. The fraction of sp³-hybridized carbons (Fsp3) is 0.579. The van der Waals surface area contributed by atoms with E-state index >= 15 is 0 Å². The van der Waals surface area contributed by atoms with Gasteiger partial charge in [0.15, 0.2) is 0 Å². The molecule has 0 spiro atoms. The molecule has 0 aromatic heterocycles. The van der Waals surface area contributed by atoms with Crippen molar-refractivity contribution in [3.63, 3.8) is 0 Å². The van der Waals surface area contributed by atoms with Crippen molar-refractivity contribution in [2.45, 2.75) is 73.3 Å². The molecule has 0 aliphatic heterocycles. The van der Waals surface area contributed by atoms with Gasteiger partial charge in [-0.25, -0.2) is 0 Å². The Hall–Kier alpha value is -1.24. The Morgan fingerprint density at radius 3 is 2.05 bits per heavy atom. The fourth-order valence-corrected chi connectivity index (χ4v) is 2.41. The summed E-state index contributed by atoms with van der Waals surface area (Å²) in [7, 11) is 0. The Morgan fingerprint density at radius 2 is 1.70 bits per heavy atom. The van der Waals surface area contributed by atoms with Crippen LogP contribution < -0.4 is 0 Å². The first-order valence-electron chi connectivity index (χ1n) is 7.84. The SMILES string of the molecule is C=C(/C=C\CC)N(C(=C/C)/C(=C\CC)CC)C(C)(C)C. The molecule has 0 rings (SSSR count). The lowest BCUT2D eigenvalue weighted by molar-refractivity contribution is 0.247. The Labute approximate surface area is 126 Å². The summed E-state index contributed by atoms with van der Waals surface area (Å²) in [5.41, 5.74) is 3.76. The van der Waals surface area contributed by atoms with Gasteiger partial charge < -0.3 is 4.90 Å². The summed E-state index contributed by atoms with van der Waals surface area (Å²) in [5, 5.41) is 0. The molecule has 1 nitrogen and oxygen atoms in total. The van der Waals surface area contributed by atoms with E-state index in [2.05, 4.69) is 84.2 Å². The number of allylic oxidation sites excluding steroid dienone is 5. The van der Waals surface area contributed by atoms with Crippen LogP contribution in [0.3, 0.4) is 0 Å². The van der Waals surface area contributed by atoms with Gasteiger partial charge >= 0.3 is 0 Å². The highest BCUT2D eigenvalue weighted by atomic mass is 15.2. The van der Waals surface area contributed by atoms with Crippen molar-refractivity contribution in [2.24, 2.45) is 0 Å². The van der Waals surface area contributed by atoms with Gasteiger partial charge in [-0.05, 0) is 58.6 Å². The van der Waals surface area contributed by atoms with Crippen molar-refractivity contribution >= 4 is 0 Å². The molecule has 0 unspecified atom stereocenters. The third-order valence-electron chi connectivity index (χ3n) is 3.18. The van der Waals surface area contributed by atoms with Gasteiger partial charge in [-0.2, -0.15) is 0 Å². The third kappa shape index (κ3) is 5.40. The Kier molecular flexibility index (Phi) is 8.29. The van der Waals surface area contributed by atoms with Crippen molar-refractivity contribution in [2.75, 3.05) is 0 Å². The van der Waals surface area contributed by atoms with Crippen LogP contribution in [-0.2, 0) is 0 Å². The first-order valence-corrected chi connectivity index (χ1v) is 7.84. The minimum absolute atomic E-state index is 0.0129. The Balaban J connectivity index is 5.68. The van der Waals surface area contributed by atoms with E-state index in [-0.39, 0.29) is 5.54 Å². The average Bonchev–Trinajstić information content (AvgIpc) is 2.38. The van der Waals surface area contributed by atoms with Crippen LogP contribution >= 0.6 is 0 Å². The molecule has 0 heterocycles. The molecule has 0 N–H and O–H groups in total. The Morgan fingerprint density at radius 1 is 1.10 bits per heavy atom. The molecule has 0 radical (unpaired) electrons. The smallest absolute Gasteiger partial charge is 0.0401 e. The minimum Gasteiger partial charge on any atom is -0.337 e. The molecule has 0 fully saturated rings. The summed E-state index contributed by atoms with van der Waals surface area (Å²) in [6.45, 7) is 19.7. The average molecular weight is 275 g/mol. The van der Waals surface area contributed by atoms with E-state index < -0.39 is 0 Å². The second-order valence-corrected chi connectivity index (χ2v) is 5.97. The molecule has 0 bridgehead atoms. The lowest BCUT2D eigenvalue weighted by Crippen LogP contribution is -2.39. The Bertz CT molecular complexity index is 388. The van der Waals surface area contributed by atoms with Gasteiger partial charge in [-0.1, -0.05) is 45.6 Å². The molecule has 1 heteroatoms. The van der Waals surface area contributed by atoms with Crippen molar-refractivity contribution in [1.29, 1.82) is 0 Å². The number of hydrogen-bond donors (Lipinski definition) is 0. The highest BCUT2D eigenvalue weighted by molar-refractivity contribution is 5.36. The maximum Gasteiger partial charge on any atom is 0.0401 e. The number of hydrogen-bond acceptors (Lipinski definition) is 1. The van der Waals surface area contributed by atoms with Crippen LogP contribution in [0, 0.1) is 0 Å². The quantitative estimate of drug-likeness (QED) is 0.499. The summed E-state index contributed by atoms with van der Waals surface area (Å²) in [4.78, 5) is 2.35. The molecule has 20 heavy (non-hydrogen) atoms. The van der Waals surface area contributed by atoms with Gasteiger partial charge in [-0.3, -0.25) is 0 Å². The highest BCUT2D eigenvalue weighted by Gasteiger charge is 2.25. The standard InChI is InChI=1S/C19H33N/c1-9-13-15-16(5)20(19(6,7)8)18(12-4)17(11-3)14-10-2/h12-15H,5,9-11H2,1-4,6-8H3/b15-13-,17-14-,18-12+. The number of nitrogens with zero attached hydrogens (tertiary/aromatic N) is 1. The van der Waals surface area contributed by atoms with Crippen LogP contribution in [0.25, 0.3) is 0 Å². The normalized spacial score (nSPS) is 13.9. The summed E-state index contributed by atoms with van der Waals surface area (Å²) in [5.74, 6) is 0. The lowest BCUT2D eigenvalue weighted by Gasteiger charge is -2.40. The van der Waals surface area contributed by atoms with E-state index in [1.54, 1.807) is 0 Å². The van der Waals surface area contributed by atoms with Crippen LogP contribution in [0.15, 0.2) is 47.9 Å². The molecular formula is C19H33N. The topological polar surface area (TPSA) is 3.24 Å². The lowest BCUT2D eigenvalue weighted by atomic mass is 9.98. The zero-order valence-corrected chi connectivity index (χ0v) is 14.6. The van der Waals surface area contributed by atoms with Crippen molar-refractivity contribution in [1.82, 2.24) is 4.90 Å². The largest absolute Gasteiger partial charge is 0.337 e. The van der Waals surface area contributed by atoms with Crippen LogP contribution in [0.5, 0.6) is 0 Å². The van der Waals surface area contributed by atoms with Gasteiger partial charge in [0, 0.05) is 16.9 Å². The minimum atomic E-state index is 0.0129. The van der Waals surface area contributed by atoms with Gasteiger partial charge in [-0.15, -0.1) is 0 Å². The first-order chi connectivity index (χ1) is 9.33. The third-order valence-corrected chi connectivity index (χ3v) is 3.18. The van der Waals surface area contributed by atoms with Crippen LogP contribution in [0.4, 0.5) is 0 Å². The van der Waals surface area contributed by atoms with E-state index in [9.17, 15) is 0 Å². The van der Waals surface area contributed by atoms with Crippen molar-refractivity contribution < 1.29 is 0 Å². The molecule has 114 valence electrons. The first kappa shape index (κ1) is 18.8. The highest BCUT2D eigenvalue weighted by Crippen LogP contribution is 2.31.